The molecule has 0 unspecified atom stereocenters. The van der Waals surface area contributed by atoms with Crippen molar-refractivity contribution >= 4 is 23.6 Å². The van der Waals surface area contributed by atoms with Crippen molar-refractivity contribution < 1.29 is 0 Å². The van der Waals surface area contributed by atoms with Crippen molar-refractivity contribution in [3.05, 3.63) is 149 Å². The van der Waals surface area contributed by atoms with Crippen molar-refractivity contribution in [2.75, 3.05) is 0 Å². The SMILES string of the molecule is CCCCc1ccc([Si](C2=C(Cc3ccccc3)C=CC2)(c2ccccc2)c2ccc(CCCC)cc2)cc1. The van der Waals surface area contributed by atoms with Gasteiger partial charge in [-0.05, 0) is 76.3 Å². The van der Waals surface area contributed by atoms with E-state index < -0.39 is 8.07 Å². The van der Waals surface area contributed by atoms with Gasteiger partial charge in [0.15, 0.2) is 8.07 Å². The third kappa shape index (κ3) is 5.94. The lowest BCUT2D eigenvalue weighted by atomic mass is 10.1. The number of rotatable bonds is 12. The van der Waals surface area contributed by atoms with Crippen LogP contribution in [0.2, 0.25) is 0 Å². The van der Waals surface area contributed by atoms with E-state index in [9.17, 15) is 0 Å². The quantitative estimate of drug-likeness (QED) is 0.130. The Morgan fingerprint density at radius 1 is 0.538 bits per heavy atom. The summed E-state index contributed by atoms with van der Waals surface area (Å²) in [6.07, 6.45) is 14.1. The highest BCUT2D eigenvalue weighted by Gasteiger charge is 2.44. The van der Waals surface area contributed by atoms with Crippen molar-refractivity contribution in [2.24, 2.45) is 0 Å². The summed E-state index contributed by atoms with van der Waals surface area (Å²) in [4.78, 5) is 0. The number of unbranched alkanes of at least 4 members (excludes halogenated alkanes) is 2. The molecular weight excluding hydrogens is 485 g/mol. The Morgan fingerprint density at radius 3 is 1.54 bits per heavy atom. The molecule has 0 aliphatic heterocycles. The lowest BCUT2D eigenvalue weighted by Crippen LogP contribution is -2.68. The molecule has 0 nitrogen and oxygen atoms in total. The molecule has 0 fully saturated rings. The Morgan fingerprint density at radius 2 is 1.03 bits per heavy atom. The van der Waals surface area contributed by atoms with Crippen LogP contribution in [0.25, 0.3) is 0 Å². The largest absolute Gasteiger partial charge is 0.176 e. The molecule has 1 aliphatic rings. The van der Waals surface area contributed by atoms with Gasteiger partial charge in [0.05, 0.1) is 0 Å². The van der Waals surface area contributed by atoms with Gasteiger partial charge >= 0.3 is 0 Å². The molecule has 0 amide bonds. The summed E-state index contributed by atoms with van der Waals surface area (Å²) in [7, 11) is -2.50. The fraction of sp³-hybridized carbons (Fsp3) is 0.263. The summed E-state index contributed by atoms with van der Waals surface area (Å²) in [6, 6.07) is 41.9. The second-order valence-electron chi connectivity index (χ2n) is 11.0. The Balaban J connectivity index is 1.72. The number of hydrogen-bond acceptors (Lipinski definition) is 0. The molecule has 0 radical (unpaired) electrons. The van der Waals surface area contributed by atoms with E-state index in [1.54, 1.807) is 5.20 Å². The molecule has 198 valence electrons. The average molecular weight is 527 g/mol. The maximum Gasteiger partial charge on any atom is 0.176 e. The van der Waals surface area contributed by atoms with Gasteiger partial charge in [-0.2, -0.15) is 0 Å². The number of benzene rings is 4. The van der Waals surface area contributed by atoms with Gasteiger partial charge in [0, 0.05) is 0 Å². The molecule has 0 saturated heterocycles. The van der Waals surface area contributed by atoms with Gasteiger partial charge in [-0.1, -0.05) is 153 Å². The monoisotopic (exact) mass is 526 g/mol. The molecule has 0 atom stereocenters. The smallest absolute Gasteiger partial charge is 0.0805 e. The molecule has 0 saturated carbocycles. The first-order chi connectivity index (χ1) is 19.3. The topological polar surface area (TPSA) is 0 Å². The van der Waals surface area contributed by atoms with Gasteiger partial charge in [0.25, 0.3) is 0 Å². The van der Waals surface area contributed by atoms with Gasteiger partial charge in [0.1, 0.15) is 0 Å². The van der Waals surface area contributed by atoms with Crippen LogP contribution in [0.5, 0.6) is 0 Å². The summed E-state index contributed by atoms with van der Waals surface area (Å²) >= 11 is 0. The van der Waals surface area contributed by atoms with Gasteiger partial charge < -0.3 is 0 Å². The third-order valence-electron chi connectivity index (χ3n) is 8.34. The van der Waals surface area contributed by atoms with Gasteiger partial charge in [-0.25, -0.2) is 0 Å². The van der Waals surface area contributed by atoms with Crippen LogP contribution in [0.15, 0.2) is 132 Å². The van der Waals surface area contributed by atoms with E-state index in [1.165, 1.54) is 63.5 Å². The second-order valence-corrected chi connectivity index (χ2v) is 14.8. The highest BCUT2D eigenvalue weighted by molar-refractivity contribution is 7.16. The Kier molecular flexibility index (Phi) is 9.11. The molecule has 1 heteroatoms. The van der Waals surface area contributed by atoms with Crippen LogP contribution >= 0.6 is 0 Å². The predicted octanol–water partition coefficient (Wildman–Crippen LogP) is 7.88. The summed E-state index contributed by atoms with van der Waals surface area (Å²) in [5.41, 5.74) is 5.79. The maximum atomic E-state index is 2.47. The van der Waals surface area contributed by atoms with Crippen LogP contribution in [-0.2, 0) is 19.3 Å². The van der Waals surface area contributed by atoms with E-state index in [0.29, 0.717) is 0 Å². The van der Waals surface area contributed by atoms with Gasteiger partial charge in [0.2, 0.25) is 0 Å². The summed E-state index contributed by atoms with van der Waals surface area (Å²) in [5.74, 6) is 0. The van der Waals surface area contributed by atoms with Gasteiger partial charge in [-0.3, -0.25) is 0 Å². The fourth-order valence-electron chi connectivity index (χ4n) is 6.24. The van der Waals surface area contributed by atoms with Crippen molar-refractivity contribution in [2.45, 2.75) is 65.2 Å². The fourth-order valence-corrected chi connectivity index (χ4v) is 11.4. The normalized spacial score (nSPS) is 13.3. The summed E-state index contributed by atoms with van der Waals surface area (Å²) in [5, 5.41) is 6.12. The lowest BCUT2D eigenvalue weighted by Gasteiger charge is -2.37. The zero-order valence-corrected chi connectivity index (χ0v) is 24.7. The van der Waals surface area contributed by atoms with E-state index in [0.717, 1.165) is 25.7 Å². The minimum atomic E-state index is -2.50. The van der Waals surface area contributed by atoms with E-state index in [-0.39, 0.29) is 0 Å². The zero-order chi connectivity index (χ0) is 26.9. The lowest BCUT2D eigenvalue weighted by molar-refractivity contribution is 0.795. The molecule has 39 heavy (non-hydrogen) atoms. The van der Waals surface area contributed by atoms with E-state index in [2.05, 4.69) is 135 Å². The van der Waals surface area contributed by atoms with E-state index in [1.807, 2.05) is 0 Å². The van der Waals surface area contributed by atoms with E-state index >= 15 is 0 Å². The number of aryl methyl sites for hydroxylation is 2. The van der Waals surface area contributed by atoms with Crippen molar-refractivity contribution in [3.8, 4) is 0 Å². The van der Waals surface area contributed by atoms with Crippen LogP contribution in [0.3, 0.4) is 0 Å². The number of hydrogen-bond donors (Lipinski definition) is 0. The first-order valence-electron chi connectivity index (χ1n) is 14.9. The summed E-state index contributed by atoms with van der Waals surface area (Å²) in [6.45, 7) is 4.55. The van der Waals surface area contributed by atoms with Crippen LogP contribution < -0.4 is 15.6 Å². The molecule has 0 bridgehead atoms. The Bertz CT molecular complexity index is 1330. The second kappa shape index (κ2) is 13.1. The molecule has 1 aliphatic carbocycles. The average Bonchev–Trinajstić information content (AvgIpc) is 3.46. The first-order valence-corrected chi connectivity index (χ1v) is 16.9. The molecule has 0 N–H and O–H groups in total. The molecular formula is C38H42Si. The highest BCUT2D eigenvalue weighted by Crippen LogP contribution is 2.31. The minimum absolute atomic E-state index is 0.984. The van der Waals surface area contributed by atoms with Crippen LogP contribution in [0, 0.1) is 0 Å². The minimum Gasteiger partial charge on any atom is -0.0805 e. The van der Waals surface area contributed by atoms with E-state index in [4.69, 9.17) is 0 Å². The third-order valence-corrected chi connectivity index (χ3v) is 13.4. The molecule has 0 aromatic heterocycles. The molecule has 5 rings (SSSR count). The van der Waals surface area contributed by atoms with Crippen molar-refractivity contribution in [3.63, 3.8) is 0 Å². The Labute approximate surface area is 237 Å². The standard InChI is InChI=1S/C38H42Si/c1-3-5-14-31-22-26-36(27-23-31)39(35-19-11-8-12-20-35,37-28-24-32(25-29-37)15-6-4-2)38-21-13-18-34(38)30-33-16-9-7-10-17-33/h7-13,16-20,22-29H,3-6,14-15,21,30H2,1-2H3. The molecule has 0 heterocycles. The van der Waals surface area contributed by atoms with Crippen LogP contribution in [0.4, 0.5) is 0 Å². The van der Waals surface area contributed by atoms with Crippen LogP contribution in [-0.4, -0.2) is 8.07 Å². The van der Waals surface area contributed by atoms with Crippen molar-refractivity contribution in [1.82, 2.24) is 0 Å². The predicted molar refractivity (Wildman–Crippen MR) is 172 cm³/mol. The van der Waals surface area contributed by atoms with Crippen molar-refractivity contribution in [1.29, 1.82) is 0 Å². The summed E-state index contributed by atoms with van der Waals surface area (Å²) < 4.78 is 0. The van der Waals surface area contributed by atoms with Gasteiger partial charge in [-0.15, -0.1) is 0 Å². The maximum absolute atomic E-state index is 2.50. The Hall–Kier alpha value is -3.42. The highest BCUT2D eigenvalue weighted by atomic mass is 28.3. The number of allylic oxidation sites excluding steroid dienone is 4. The molecule has 4 aromatic carbocycles. The molecule has 0 spiro atoms. The van der Waals surface area contributed by atoms with Crippen LogP contribution in [0.1, 0.15) is 62.6 Å². The molecule has 4 aromatic rings. The zero-order valence-electron chi connectivity index (χ0n) is 23.7. The first kappa shape index (κ1) is 27.2.